The van der Waals surface area contributed by atoms with Crippen molar-refractivity contribution in [2.75, 3.05) is 0 Å². The fourth-order valence-electron chi connectivity index (χ4n) is 0.468. The molecule has 2 nitrogen and oxygen atoms in total. The van der Waals surface area contributed by atoms with Crippen molar-refractivity contribution >= 4 is 23.2 Å². The first-order chi connectivity index (χ1) is 3.79. The zero-order valence-corrected chi connectivity index (χ0v) is 5.58. The summed E-state index contributed by atoms with van der Waals surface area (Å²) in [6.07, 6.45) is 3.51. The van der Waals surface area contributed by atoms with Crippen LogP contribution in [0.15, 0.2) is 12.3 Å². The van der Waals surface area contributed by atoms with Crippen molar-refractivity contribution < 1.29 is 0 Å². The molecule has 1 aliphatic rings. The SMILES string of the molecule is ClC1C=CNC(Cl)N1. The molecule has 0 saturated heterocycles. The van der Waals surface area contributed by atoms with Crippen LogP contribution in [0.2, 0.25) is 0 Å². The Hall–Kier alpha value is 0.0800. The molecule has 0 aromatic carbocycles. The molecular weight excluding hydrogens is 147 g/mol. The molecule has 1 rings (SSSR count). The first-order valence-corrected chi connectivity index (χ1v) is 3.13. The molecule has 0 saturated carbocycles. The smallest absolute Gasteiger partial charge is 0.156 e. The third-order valence-corrected chi connectivity index (χ3v) is 1.34. The second-order valence-corrected chi connectivity index (χ2v) is 2.36. The van der Waals surface area contributed by atoms with E-state index in [0.29, 0.717) is 0 Å². The Kier molecular flexibility index (Phi) is 2.00. The van der Waals surface area contributed by atoms with Gasteiger partial charge < -0.3 is 5.32 Å². The third-order valence-electron chi connectivity index (χ3n) is 0.813. The summed E-state index contributed by atoms with van der Waals surface area (Å²) in [6.45, 7) is 0. The van der Waals surface area contributed by atoms with E-state index in [1.165, 1.54) is 0 Å². The summed E-state index contributed by atoms with van der Waals surface area (Å²) >= 11 is 11.1. The maximum atomic E-state index is 5.59. The second-order valence-electron chi connectivity index (χ2n) is 1.46. The molecule has 2 atom stereocenters. The largest absolute Gasteiger partial charge is 0.364 e. The van der Waals surface area contributed by atoms with Gasteiger partial charge in [0.2, 0.25) is 0 Å². The Labute approximate surface area is 57.8 Å². The van der Waals surface area contributed by atoms with Gasteiger partial charge in [-0.15, -0.1) is 11.6 Å². The van der Waals surface area contributed by atoms with Crippen molar-refractivity contribution in [3.8, 4) is 0 Å². The standard InChI is InChI=1S/C4H6Cl2N2/c5-3-1-2-7-4(6)8-3/h1-4,7-8H. The van der Waals surface area contributed by atoms with Gasteiger partial charge in [-0.05, 0) is 12.3 Å². The molecule has 4 heteroatoms. The molecule has 0 radical (unpaired) electrons. The second kappa shape index (κ2) is 2.58. The lowest BCUT2D eigenvalue weighted by atomic mass is 10.5. The van der Waals surface area contributed by atoms with Crippen LogP contribution in [0.3, 0.4) is 0 Å². The van der Waals surface area contributed by atoms with Gasteiger partial charge in [0.15, 0.2) is 5.62 Å². The highest BCUT2D eigenvalue weighted by Crippen LogP contribution is 2.00. The molecule has 0 aromatic rings. The Bertz CT molecular complexity index is 104. The lowest BCUT2D eigenvalue weighted by molar-refractivity contribution is 0.585. The van der Waals surface area contributed by atoms with E-state index in [4.69, 9.17) is 23.2 Å². The van der Waals surface area contributed by atoms with Crippen LogP contribution in [0.4, 0.5) is 0 Å². The quantitative estimate of drug-likeness (QED) is 0.397. The van der Waals surface area contributed by atoms with Gasteiger partial charge in [-0.25, -0.2) is 0 Å². The normalized spacial score (nSPS) is 36.8. The lowest BCUT2D eigenvalue weighted by Crippen LogP contribution is -2.41. The molecule has 0 aliphatic carbocycles. The van der Waals surface area contributed by atoms with Crippen LogP contribution in [-0.4, -0.2) is 11.1 Å². The molecule has 0 bridgehead atoms. The van der Waals surface area contributed by atoms with Gasteiger partial charge in [0.25, 0.3) is 0 Å². The van der Waals surface area contributed by atoms with E-state index in [2.05, 4.69) is 10.6 Å². The predicted molar refractivity (Wildman–Crippen MR) is 34.7 cm³/mol. The number of halogens is 2. The van der Waals surface area contributed by atoms with E-state index in [-0.39, 0.29) is 11.1 Å². The molecule has 0 spiro atoms. The number of hydrogen-bond donors (Lipinski definition) is 2. The Morgan fingerprint density at radius 2 is 2.12 bits per heavy atom. The van der Waals surface area contributed by atoms with Gasteiger partial charge in [0.1, 0.15) is 5.50 Å². The Balaban J connectivity index is 2.42. The fraction of sp³-hybridized carbons (Fsp3) is 0.500. The van der Waals surface area contributed by atoms with Gasteiger partial charge in [0, 0.05) is 0 Å². The molecule has 1 aliphatic heterocycles. The average Bonchev–Trinajstić information content (AvgIpc) is 1.64. The third kappa shape index (κ3) is 1.54. The molecule has 0 aromatic heterocycles. The summed E-state index contributed by atoms with van der Waals surface area (Å²) < 4.78 is 0. The number of nitrogens with one attached hydrogen (secondary N) is 2. The minimum absolute atomic E-state index is 0.140. The molecule has 0 fully saturated rings. The Morgan fingerprint density at radius 3 is 2.50 bits per heavy atom. The summed E-state index contributed by atoms with van der Waals surface area (Å²) in [6, 6.07) is 0. The van der Waals surface area contributed by atoms with Gasteiger partial charge >= 0.3 is 0 Å². The molecule has 46 valence electrons. The molecular formula is C4H6Cl2N2. The summed E-state index contributed by atoms with van der Waals surface area (Å²) in [4.78, 5) is 0. The van der Waals surface area contributed by atoms with E-state index < -0.39 is 0 Å². The first kappa shape index (κ1) is 6.20. The Morgan fingerprint density at radius 1 is 1.38 bits per heavy atom. The molecule has 8 heavy (non-hydrogen) atoms. The maximum Gasteiger partial charge on any atom is 0.156 e. The average molecular weight is 153 g/mol. The number of alkyl halides is 2. The fourth-order valence-corrected chi connectivity index (χ4v) is 0.940. The van der Waals surface area contributed by atoms with Crippen LogP contribution in [0.25, 0.3) is 0 Å². The first-order valence-electron chi connectivity index (χ1n) is 2.26. The van der Waals surface area contributed by atoms with Gasteiger partial charge in [-0.2, -0.15) is 0 Å². The predicted octanol–water partition coefficient (Wildman–Crippen LogP) is 0.780. The van der Waals surface area contributed by atoms with E-state index in [9.17, 15) is 0 Å². The zero-order valence-electron chi connectivity index (χ0n) is 4.07. The minimum atomic E-state index is -0.234. The number of hydrogen-bond acceptors (Lipinski definition) is 2. The highest BCUT2D eigenvalue weighted by atomic mass is 35.5. The van der Waals surface area contributed by atoms with E-state index >= 15 is 0 Å². The van der Waals surface area contributed by atoms with Crippen molar-refractivity contribution in [1.29, 1.82) is 0 Å². The van der Waals surface area contributed by atoms with Crippen LogP contribution >= 0.6 is 23.2 Å². The number of rotatable bonds is 0. The van der Waals surface area contributed by atoms with Crippen LogP contribution in [0, 0.1) is 0 Å². The minimum Gasteiger partial charge on any atom is -0.364 e. The molecule has 1 heterocycles. The summed E-state index contributed by atoms with van der Waals surface area (Å²) in [5.41, 5.74) is -0.374. The summed E-state index contributed by atoms with van der Waals surface area (Å²) in [5, 5.41) is 5.61. The molecule has 0 amide bonds. The summed E-state index contributed by atoms with van der Waals surface area (Å²) in [7, 11) is 0. The van der Waals surface area contributed by atoms with Gasteiger partial charge in [0.05, 0.1) is 0 Å². The monoisotopic (exact) mass is 152 g/mol. The van der Waals surface area contributed by atoms with Crippen molar-refractivity contribution in [3.63, 3.8) is 0 Å². The van der Waals surface area contributed by atoms with Crippen LogP contribution in [-0.2, 0) is 0 Å². The molecule has 2 N–H and O–H groups in total. The van der Waals surface area contributed by atoms with Gasteiger partial charge in [-0.1, -0.05) is 11.6 Å². The van der Waals surface area contributed by atoms with E-state index in [1.54, 1.807) is 12.3 Å². The van der Waals surface area contributed by atoms with Crippen molar-refractivity contribution in [2.24, 2.45) is 0 Å². The highest BCUT2D eigenvalue weighted by Gasteiger charge is 2.08. The van der Waals surface area contributed by atoms with Crippen molar-refractivity contribution in [1.82, 2.24) is 10.6 Å². The van der Waals surface area contributed by atoms with Crippen molar-refractivity contribution in [3.05, 3.63) is 12.3 Å². The maximum absolute atomic E-state index is 5.59. The molecule has 2 unspecified atom stereocenters. The topological polar surface area (TPSA) is 24.1 Å². The summed E-state index contributed by atoms with van der Waals surface area (Å²) in [5.74, 6) is 0. The van der Waals surface area contributed by atoms with E-state index in [1.807, 2.05) is 0 Å². The van der Waals surface area contributed by atoms with Crippen LogP contribution < -0.4 is 10.6 Å². The lowest BCUT2D eigenvalue weighted by Gasteiger charge is -2.18. The van der Waals surface area contributed by atoms with Crippen LogP contribution in [0.1, 0.15) is 0 Å². The zero-order chi connectivity index (χ0) is 5.98. The highest BCUT2D eigenvalue weighted by molar-refractivity contribution is 6.23. The van der Waals surface area contributed by atoms with E-state index in [0.717, 1.165) is 0 Å². The van der Waals surface area contributed by atoms with Gasteiger partial charge in [-0.3, -0.25) is 5.32 Å². The van der Waals surface area contributed by atoms with Crippen molar-refractivity contribution in [2.45, 2.75) is 11.1 Å². The van der Waals surface area contributed by atoms with Crippen LogP contribution in [0.5, 0.6) is 0 Å².